The molecule has 2 aliphatic heterocycles. The van der Waals surface area contributed by atoms with Crippen LogP contribution in [-0.2, 0) is 20.0 Å². The summed E-state index contributed by atoms with van der Waals surface area (Å²) in [5.74, 6) is 1.21. The van der Waals surface area contributed by atoms with E-state index in [0.717, 1.165) is 60.9 Å². The topological polar surface area (TPSA) is 54.0 Å². The molecule has 4 rings (SSSR count). The molecule has 2 aromatic rings. The molecule has 3 heterocycles. The van der Waals surface area contributed by atoms with E-state index in [9.17, 15) is 4.79 Å². The first kappa shape index (κ1) is 21.8. The zero-order valence-electron chi connectivity index (χ0n) is 16.8. The number of thioether (sulfide) groups is 1. The summed E-state index contributed by atoms with van der Waals surface area (Å²) < 4.78 is 11.8. The van der Waals surface area contributed by atoms with Gasteiger partial charge >= 0.3 is 0 Å². The maximum atomic E-state index is 12.6. The second-order valence-electron chi connectivity index (χ2n) is 7.15. The third-order valence-electron chi connectivity index (χ3n) is 5.09. The quantitative estimate of drug-likeness (QED) is 0.665. The van der Waals surface area contributed by atoms with Crippen LogP contribution < -0.4 is 15.1 Å². The average molecular weight is 468 g/mol. The van der Waals surface area contributed by atoms with E-state index in [0.29, 0.717) is 19.0 Å². The minimum Gasteiger partial charge on any atom is -0.378 e. The number of hydrogen-bond acceptors (Lipinski definition) is 7. The number of benzene rings is 1. The predicted molar refractivity (Wildman–Crippen MR) is 127 cm³/mol. The van der Waals surface area contributed by atoms with E-state index in [1.807, 2.05) is 18.2 Å². The number of carbonyl (C=O) groups excluding carboxylic acids is 1. The van der Waals surface area contributed by atoms with Crippen LogP contribution in [-0.4, -0.2) is 64.3 Å². The van der Waals surface area contributed by atoms with Gasteiger partial charge in [0.25, 0.3) is 0 Å². The molecule has 9 heteroatoms. The average Bonchev–Trinajstić information content (AvgIpc) is 3.20. The lowest BCUT2D eigenvalue weighted by Crippen LogP contribution is -2.38. The van der Waals surface area contributed by atoms with E-state index in [-0.39, 0.29) is 5.91 Å². The number of nitrogens with one attached hydrogen (secondary N) is 1. The fraction of sp³-hybridized carbons (Fsp3) is 0.476. The van der Waals surface area contributed by atoms with Crippen LogP contribution in [0.1, 0.15) is 4.88 Å². The van der Waals surface area contributed by atoms with Crippen molar-refractivity contribution in [1.82, 2.24) is 0 Å². The van der Waals surface area contributed by atoms with Gasteiger partial charge in [-0.25, -0.2) is 0 Å². The smallest absolute Gasteiger partial charge is 0.234 e. The summed E-state index contributed by atoms with van der Waals surface area (Å²) in [5, 5.41) is 3.12. The van der Waals surface area contributed by atoms with Gasteiger partial charge in [0.05, 0.1) is 47.9 Å². The lowest BCUT2D eigenvalue weighted by Gasteiger charge is -2.33. The van der Waals surface area contributed by atoms with E-state index in [2.05, 4.69) is 27.2 Å². The van der Waals surface area contributed by atoms with Crippen LogP contribution in [0.3, 0.4) is 0 Å². The Morgan fingerprint density at radius 2 is 1.73 bits per heavy atom. The Morgan fingerprint density at radius 1 is 1.03 bits per heavy atom. The Morgan fingerprint density at radius 3 is 2.40 bits per heavy atom. The molecule has 0 unspecified atom stereocenters. The molecule has 30 heavy (non-hydrogen) atoms. The van der Waals surface area contributed by atoms with E-state index < -0.39 is 0 Å². The van der Waals surface area contributed by atoms with Gasteiger partial charge in [0.2, 0.25) is 5.91 Å². The molecule has 2 saturated heterocycles. The molecule has 0 radical (unpaired) electrons. The van der Waals surface area contributed by atoms with Crippen molar-refractivity contribution in [2.24, 2.45) is 0 Å². The van der Waals surface area contributed by atoms with Gasteiger partial charge in [0, 0.05) is 42.5 Å². The summed E-state index contributed by atoms with van der Waals surface area (Å²) in [7, 11) is 0. The Labute approximate surface area is 190 Å². The van der Waals surface area contributed by atoms with Gasteiger partial charge in [-0.15, -0.1) is 23.1 Å². The highest BCUT2D eigenvalue weighted by Gasteiger charge is 2.19. The van der Waals surface area contributed by atoms with Gasteiger partial charge in [-0.3, -0.25) is 4.79 Å². The minimum atomic E-state index is 0.0104. The number of amides is 1. The monoisotopic (exact) mass is 467 g/mol. The Bertz CT molecular complexity index is 852. The fourth-order valence-electron chi connectivity index (χ4n) is 3.57. The molecule has 0 aliphatic carbocycles. The molecule has 1 aromatic carbocycles. The van der Waals surface area contributed by atoms with E-state index in [1.54, 1.807) is 23.1 Å². The van der Waals surface area contributed by atoms with E-state index in [1.165, 1.54) is 10.6 Å². The number of rotatable bonds is 7. The first-order valence-electron chi connectivity index (χ1n) is 10.1. The standard InChI is InChI=1S/C21H26ClN3O3S2/c22-20-4-2-17(30-20)14-29-15-21(26)23-18-3-1-16(24-5-9-27-10-6-24)13-19(18)25-7-11-28-12-8-25/h1-4,13H,5-12,14-15H2,(H,23,26). The van der Waals surface area contributed by atoms with Crippen molar-refractivity contribution in [2.45, 2.75) is 5.75 Å². The first-order valence-corrected chi connectivity index (χ1v) is 12.5. The molecule has 2 fully saturated rings. The van der Waals surface area contributed by atoms with Crippen molar-refractivity contribution in [3.8, 4) is 0 Å². The zero-order valence-corrected chi connectivity index (χ0v) is 19.2. The molecule has 2 aliphatic rings. The van der Waals surface area contributed by atoms with Crippen LogP contribution in [0.5, 0.6) is 0 Å². The van der Waals surface area contributed by atoms with Crippen LogP contribution in [0.2, 0.25) is 4.34 Å². The molecule has 6 nitrogen and oxygen atoms in total. The second-order valence-corrected chi connectivity index (χ2v) is 9.93. The normalized spacial score (nSPS) is 17.2. The molecular weight excluding hydrogens is 442 g/mol. The largest absolute Gasteiger partial charge is 0.378 e. The first-order chi connectivity index (χ1) is 14.7. The SMILES string of the molecule is O=C(CSCc1ccc(Cl)s1)Nc1ccc(N2CCOCC2)cc1N1CCOCC1. The highest BCUT2D eigenvalue weighted by Crippen LogP contribution is 2.32. The van der Waals surface area contributed by atoms with Gasteiger partial charge in [-0.2, -0.15) is 0 Å². The van der Waals surface area contributed by atoms with Crippen LogP contribution in [0.25, 0.3) is 0 Å². The molecule has 1 amide bonds. The summed E-state index contributed by atoms with van der Waals surface area (Å²) in [4.78, 5) is 18.4. The minimum absolute atomic E-state index is 0.0104. The fourth-order valence-corrected chi connectivity index (χ4v) is 5.60. The maximum absolute atomic E-state index is 12.6. The van der Waals surface area contributed by atoms with E-state index in [4.69, 9.17) is 21.1 Å². The van der Waals surface area contributed by atoms with Gasteiger partial charge in [-0.05, 0) is 30.3 Å². The number of morpholine rings is 2. The van der Waals surface area contributed by atoms with Crippen molar-refractivity contribution < 1.29 is 14.3 Å². The summed E-state index contributed by atoms with van der Waals surface area (Å²) >= 11 is 9.13. The van der Waals surface area contributed by atoms with E-state index >= 15 is 0 Å². The lowest BCUT2D eigenvalue weighted by atomic mass is 10.1. The van der Waals surface area contributed by atoms with Gasteiger partial charge < -0.3 is 24.6 Å². The van der Waals surface area contributed by atoms with Crippen molar-refractivity contribution in [2.75, 3.05) is 73.5 Å². The lowest BCUT2D eigenvalue weighted by molar-refractivity contribution is -0.113. The molecule has 1 N–H and O–H groups in total. The van der Waals surface area contributed by atoms with Crippen molar-refractivity contribution in [1.29, 1.82) is 0 Å². The molecule has 0 spiro atoms. The number of anilines is 3. The number of hydrogen-bond donors (Lipinski definition) is 1. The molecule has 0 bridgehead atoms. The summed E-state index contributed by atoms with van der Waals surface area (Å²) in [6.45, 7) is 6.32. The van der Waals surface area contributed by atoms with Gasteiger partial charge in [0.15, 0.2) is 0 Å². The van der Waals surface area contributed by atoms with Crippen molar-refractivity contribution in [3.05, 3.63) is 39.5 Å². The summed E-state index contributed by atoms with van der Waals surface area (Å²) in [5.41, 5.74) is 3.09. The summed E-state index contributed by atoms with van der Waals surface area (Å²) in [6, 6.07) is 10.2. The molecule has 162 valence electrons. The molecule has 0 saturated carbocycles. The number of nitrogens with zero attached hydrogens (tertiary/aromatic N) is 2. The van der Waals surface area contributed by atoms with Crippen LogP contribution in [0, 0.1) is 0 Å². The Kier molecular flexibility index (Phi) is 7.78. The number of thiophene rings is 1. The third-order valence-corrected chi connectivity index (χ3v) is 7.49. The Hall–Kier alpha value is -1.45. The summed E-state index contributed by atoms with van der Waals surface area (Å²) in [6.07, 6.45) is 0. The van der Waals surface area contributed by atoms with Crippen molar-refractivity contribution in [3.63, 3.8) is 0 Å². The highest BCUT2D eigenvalue weighted by molar-refractivity contribution is 7.99. The second kappa shape index (κ2) is 10.7. The van der Waals surface area contributed by atoms with Crippen LogP contribution in [0.15, 0.2) is 30.3 Å². The predicted octanol–water partition coefficient (Wildman–Crippen LogP) is 3.95. The Balaban J connectivity index is 1.42. The van der Waals surface area contributed by atoms with Crippen LogP contribution in [0.4, 0.5) is 17.1 Å². The third kappa shape index (κ3) is 5.82. The molecular formula is C21H26ClN3O3S2. The highest BCUT2D eigenvalue weighted by atomic mass is 35.5. The number of carbonyl (C=O) groups is 1. The number of ether oxygens (including phenoxy) is 2. The zero-order chi connectivity index (χ0) is 20.8. The van der Waals surface area contributed by atoms with Crippen molar-refractivity contribution >= 4 is 57.7 Å². The maximum Gasteiger partial charge on any atom is 0.234 e. The number of halogens is 1. The van der Waals surface area contributed by atoms with Gasteiger partial charge in [0.1, 0.15) is 0 Å². The molecule has 0 atom stereocenters. The van der Waals surface area contributed by atoms with Crippen LogP contribution >= 0.6 is 34.7 Å². The van der Waals surface area contributed by atoms with Gasteiger partial charge in [-0.1, -0.05) is 11.6 Å². The molecule has 1 aromatic heterocycles.